The van der Waals surface area contributed by atoms with Gasteiger partial charge in [-0.2, -0.15) is 0 Å². The number of rotatable bonds is 9. The number of aryl methyl sites for hydroxylation is 1. The van der Waals surface area contributed by atoms with Gasteiger partial charge in [-0.1, -0.05) is 61.9 Å². The first-order valence-corrected chi connectivity index (χ1v) is 9.66. The quantitative estimate of drug-likeness (QED) is 0.697. The van der Waals surface area contributed by atoms with Crippen LogP contribution in [0.4, 0.5) is 0 Å². The molecule has 0 aliphatic rings. The van der Waals surface area contributed by atoms with Gasteiger partial charge in [0.1, 0.15) is 11.8 Å². The fourth-order valence-electron chi connectivity index (χ4n) is 3.06. The third kappa shape index (κ3) is 6.41. The molecule has 0 saturated heterocycles. The number of carbonyl (C=O) groups excluding carboxylic acids is 2. The van der Waals surface area contributed by atoms with E-state index in [9.17, 15) is 9.59 Å². The second-order valence-electron chi connectivity index (χ2n) is 7.37. The number of carbonyl (C=O) groups is 2. The summed E-state index contributed by atoms with van der Waals surface area (Å²) in [7, 11) is 1.64. The summed E-state index contributed by atoms with van der Waals surface area (Å²) in [5.41, 5.74) is 2.96. The first kappa shape index (κ1) is 21.5. The lowest BCUT2D eigenvalue weighted by Gasteiger charge is -2.20. The normalized spacial score (nSPS) is 11.8. The summed E-state index contributed by atoms with van der Waals surface area (Å²) < 4.78 is 5.39. The highest BCUT2D eigenvalue weighted by Gasteiger charge is 2.22. The van der Waals surface area contributed by atoms with Crippen LogP contribution in [0.15, 0.2) is 48.5 Å². The standard InChI is InChI=1S/C23H30N2O3/c1-16(2)14-21(26)25-22(18-8-6-5-7-9-18)23(27)24-13-12-19-15-17(3)10-11-20(19)28-4/h5-11,15-16,22H,12-14H2,1-4H3,(H,24,27)(H,25,26). The van der Waals surface area contributed by atoms with Crippen LogP contribution in [0.3, 0.4) is 0 Å². The molecular formula is C23H30N2O3. The fraction of sp³-hybridized carbons (Fsp3) is 0.391. The van der Waals surface area contributed by atoms with Crippen molar-refractivity contribution in [3.63, 3.8) is 0 Å². The summed E-state index contributed by atoms with van der Waals surface area (Å²) in [4.78, 5) is 25.1. The van der Waals surface area contributed by atoms with Crippen LogP contribution >= 0.6 is 0 Å². The van der Waals surface area contributed by atoms with Gasteiger partial charge in [0.15, 0.2) is 0 Å². The van der Waals surface area contributed by atoms with Gasteiger partial charge in [0.05, 0.1) is 7.11 Å². The van der Waals surface area contributed by atoms with E-state index in [2.05, 4.69) is 16.7 Å². The zero-order valence-electron chi connectivity index (χ0n) is 17.1. The van der Waals surface area contributed by atoms with Gasteiger partial charge in [-0.15, -0.1) is 0 Å². The Balaban J connectivity index is 2.04. The van der Waals surface area contributed by atoms with Crippen molar-refractivity contribution in [1.29, 1.82) is 0 Å². The minimum absolute atomic E-state index is 0.126. The van der Waals surface area contributed by atoms with Gasteiger partial charge in [-0.05, 0) is 36.5 Å². The monoisotopic (exact) mass is 382 g/mol. The van der Waals surface area contributed by atoms with Crippen LogP contribution in [0.2, 0.25) is 0 Å². The summed E-state index contributed by atoms with van der Waals surface area (Å²) >= 11 is 0. The van der Waals surface area contributed by atoms with E-state index in [1.54, 1.807) is 7.11 Å². The molecule has 1 unspecified atom stereocenters. The van der Waals surface area contributed by atoms with E-state index in [0.29, 0.717) is 19.4 Å². The van der Waals surface area contributed by atoms with Gasteiger partial charge in [0.2, 0.25) is 11.8 Å². The summed E-state index contributed by atoms with van der Waals surface area (Å²) in [5.74, 6) is 0.701. The predicted octanol–water partition coefficient (Wildman–Crippen LogP) is 3.57. The molecule has 0 aliphatic carbocycles. The van der Waals surface area contributed by atoms with Gasteiger partial charge in [-0.25, -0.2) is 0 Å². The highest BCUT2D eigenvalue weighted by atomic mass is 16.5. The Bertz CT molecular complexity index is 788. The molecule has 2 amide bonds. The van der Waals surface area contributed by atoms with Crippen molar-refractivity contribution in [2.24, 2.45) is 5.92 Å². The van der Waals surface area contributed by atoms with E-state index in [1.165, 1.54) is 0 Å². The van der Waals surface area contributed by atoms with Crippen LogP contribution in [-0.4, -0.2) is 25.5 Å². The smallest absolute Gasteiger partial charge is 0.247 e. The van der Waals surface area contributed by atoms with E-state index in [-0.39, 0.29) is 17.7 Å². The summed E-state index contributed by atoms with van der Waals surface area (Å²) in [6.45, 7) is 6.44. The van der Waals surface area contributed by atoms with E-state index in [1.807, 2.05) is 63.2 Å². The van der Waals surface area contributed by atoms with Crippen molar-refractivity contribution in [2.75, 3.05) is 13.7 Å². The van der Waals surface area contributed by atoms with Crippen LogP contribution in [0.1, 0.15) is 43.0 Å². The Morgan fingerprint density at radius 2 is 1.79 bits per heavy atom. The largest absolute Gasteiger partial charge is 0.496 e. The molecule has 5 nitrogen and oxygen atoms in total. The maximum absolute atomic E-state index is 12.8. The minimum Gasteiger partial charge on any atom is -0.496 e. The summed E-state index contributed by atoms with van der Waals surface area (Å²) in [6.07, 6.45) is 1.04. The highest BCUT2D eigenvalue weighted by Crippen LogP contribution is 2.20. The predicted molar refractivity (Wildman–Crippen MR) is 111 cm³/mol. The minimum atomic E-state index is -0.702. The first-order chi connectivity index (χ1) is 13.4. The summed E-state index contributed by atoms with van der Waals surface area (Å²) in [5, 5.41) is 5.82. The van der Waals surface area contributed by atoms with Crippen molar-refractivity contribution >= 4 is 11.8 Å². The van der Waals surface area contributed by atoms with Gasteiger partial charge < -0.3 is 15.4 Å². The molecule has 1 atom stereocenters. The van der Waals surface area contributed by atoms with Gasteiger partial charge in [0.25, 0.3) is 0 Å². The van der Waals surface area contributed by atoms with Gasteiger partial charge in [-0.3, -0.25) is 9.59 Å². The van der Waals surface area contributed by atoms with Gasteiger partial charge >= 0.3 is 0 Å². The lowest BCUT2D eigenvalue weighted by Crippen LogP contribution is -2.41. The summed E-state index contributed by atoms with van der Waals surface area (Å²) in [6, 6.07) is 14.6. The molecule has 0 bridgehead atoms. The SMILES string of the molecule is COc1ccc(C)cc1CCNC(=O)C(NC(=O)CC(C)C)c1ccccc1. The molecule has 0 spiro atoms. The Hall–Kier alpha value is -2.82. The lowest BCUT2D eigenvalue weighted by molar-refractivity contribution is -0.129. The van der Waals surface area contributed by atoms with Crippen molar-refractivity contribution in [3.05, 3.63) is 65.2 Å². The molecule has 0 fully saturated rings. The second-order valence-corrected chi connectivity index (χ2v) is 7.37. The third-order valence-corrected chi connectivity index (χ3v) is 4.42. The number of benzene rings is 2. The number of hydrogen-bond acceptors (Lipinski definition) is 3. The zero-order chi connectivity index (χ0) is 20.5. The molecule has 5 heteroatoms. The van der Waals surface area contributed by atoms with Crippen molar-refractivity contribution < 1.29 is 14.3 Å². The van der Waals surface area contributed by atoms with Crippen molar-refractivity contribution in [1.82, 2.24) is 10.6 Å². The Morgan fingerprint density at radius 3 is 2.43 bits per heavy atom. The van der Waals surface area contributed by atoms with Crippen LogP contribution in [0.25, 0.3) is 0 Å². The fourth-order valence-corrected chi connectivity index (χ4v) is 3.06. The van der Waals surface area contributed by atoms with Gasteiger partial charge in [0, 0.05) is 13.0 Å². The van der Waals surface area contributed by atoms with E-state index < -0.39 is 6.04 Å². The van der Waals surface area contributed by atoms with Crippen LogP contribution in [0, 0.1) is 12.8 Å². The topological polar surface area (TPSA) is 67.4 Å². The number of ether oxygens (including phenoxy) is 1. The van der Waals surface area contributed by atoms with Crippen LogP contribution in [0.5, 0.6) is 5.75 Å². The average Bonchev–Trinajstić information content (AvgIpc) is 2.66. The number of methoxy groups -OCH3 is 1. The first-order valence-electron chi connectivity index (χ1n) is 9.66. The van der Waals surface area contributed by atoms with Crippen LogP contribution < -0.4 is 15.4 Å². The average molecular weight is 383 g/mol. The Kier molecular flexibility index (Phi) is 8.05. The second kappa shape index (κ2) is 10.5. The molecule has 2 aromatic rings. The number of hydrogen-bond donors (Lipinski definition) is 2. The molecule has 0 aliphatic heterocycles. The molecule has 0 radical (unpaired) electrons. The lowest BCUT2D eigenvalue weighted by atomic mass is 10.0. The Morgan fingerprint density at radius 1 is 1.07 bits per heavy atom. The molecule has 0 saturated carbocycles. The van der Waals surface area contributed by atoms with Crippen molar-refractivity contribution in [2.45, 2.75) is 39.7 Å². The van der Waals surface area contributed by atoms with Crippen molar-refractivity contribution in [3.8, 4) is 5.75 Å². The highest BCUT2D eigenvalue weighted by molar-refractivity contribution is 5.88. The van der Waals surface area contributed by atoms with E-state index in [0.717, 1.165) is 22.4 Å². The molecular weight excluding hydrogens is 352 g/mol. The molecule has 2 N–H and O–H groups in total. The molecule has 28 heavy (non-hydrogen) atoms. The van der Waals surface area contributed by atoms with Crippen LogP contribution in [-0.2, 0) is 16.0 Å². The third-order valence-electron chi connectivity index (χ3n) is 4.42. The maximum Gasteiger partial charge on any atom is 0.247 e. The number of amides is 2. The molecule has 2 rings (SSSR count). The number of nitrogens with one attached hydrogen (secondary N) is 2. The Labute approximate surface area is 167 Å². The molecule has 0 heterocycles. The van der Waals surface area contributed by atoms with E-state index >= 15 is 0 Å². The zero-order valence-corrected chi connectivity index (χ0v) is 17.1. The van der Waals surface area contributed by atoms with E-state index in [4.69, 9.17) is 4.74 Å². The molecule has 2 aromatic carbocycles. The maximum atomic E-state index is 12.8. The molecule has 150 valence electrons. The molecule has 0 aromatic heterocycles.